The summed E-state index contributed by atoms with van der Waals surface area (Å²) in [6.45, 7) is 0. The van der Waals surface area contributed by atoms with E-state index in [-0.39, 0.29) is 11.2 Å². The van der Waals surface area contributed by atoms with Crippen LogP contribution in [0.2, 0.25) is 0 Å². The van der Waals surface area contributed by atoms with Crippen molar-refractivity contribution >= 4 is 17.4 Å². The molecule has 0 saturated carbocycles. The molecule has 0 aliphatic heterocycles. The Morgan fingerprint density at radius 2 is 2.19 bits per heavy atom. The van der Waals surface area contributed by atoms with Gasteiger partial charge in [0.05, 0.1) is 11.4 Å². The largest absolute Gasteiger partial charge is 0.300 e. The number of benzene rings is 1. The lowest BCUT2D eigenvalue weighted by molar-refractivity contribution is 0.626. The van der Waals surface area contributed by atoms with Gasteiger partial charge in [-0.05, 0) is 18.2 Å². The van der Waals surface area contributed by atoms with E-state index in [1.54, 1.807) is 28.9 Å². The van der Waals surface area contributed by atoms with Gasteiger partial charge in [-0.3, -0.25) is 13.8 Å². The minimum Gasteiger partial charge on any atom is -0.279 e. The summed E-state index contributed by atoms with van der Waals surface area (Å²) in [5.41, 5.74) is 0.229. The molecule has 0 unspecified atom stereocenters. The zero-order valence-corrected chi connectivity index (χ0v) is 11.5. The minimum absolute atomic E-state index is 0.168. The Bertz CT molecular complexity index is 909. The Morgan fingerprint density at radius 3 is 2.95 bits per heavy atom. The van der Waals surface area contributed by atoms with E-state index in [9.17, 15) is 9.18 Å². The second kappa shape index (κ2) is 5.42. The summed E-state index contributed by atoms with van der Waals surface area (Å²) in [7, 11) is 0. The number of hydrogen-bond acceptors (Lipinski definition) is 4. The Hall–Kier alpha value is -2.59. The molecule has 1 aromatic carbocycles. The fraction of sp³-hybridized carbons (Fsp3) is 0.0714. The molecule has 3 rings (SSSR count). The highest BCUT2D eigenvalue weighted by atomic mass is 32.2. The number of rotatable bonds is 3. The van der Waals surface area contributed by atoms with Crippen LogP contribution in [0.5, 0.6) is 0 Å². The maximum absolute atomic E-state index is 13.3. The average molecular weight is 300 g/mol. The van der Waals surface area contributed by atoms with Gasteiger partial charge in [0.1, 0.15) is 5.82 Å². The summed E-state index contributed by atoms with van der Waals surface area (Å²) >= 11 is 1.31. The van der Waals surface area contributed by atoms with Crippen molar-refractivity contribution in [2.24, 2.45) is 0 Å². The first-order chi connectivity index (χ1) is 10.2. The lowest BCUT2D eigenvalue weighted by atomic mass is 10.3. The third kappa shape index (κ3) is 2.41. The van der Waals surface area contributed by atoms with E-state index in [4.69, 9.17) is 6.42 Å². The highest BCUT2D eigenvalue weighted by Crippen LogP contribution is 2.15. The number of halogens is 1. The van der Waals surface area contributed by atoms with Gasteiger partial charge in [-0.2, -0.15) is 0 Å². The van der Waals surface area contributed by atoms with Crippen LogP contribution < -0.4 is 5.56 Å². The maximum atomic E-state index is 13.3. The van der Waals surface area contributed by atoms with Gasteiger partial charge >= 0.3 is 5.56 Å². The summed E-state index contributed by atoms with van der Waals surface area (Å²) in [5, 5.41) is 8.36. The standard InChI is InChI=1S/C14H9FN4OS/c1-2-8-21-14-17-16-12-13(20)18(6-7-19(12)14)11-5-3-4-10(15)9-11/h1,3-7,9H,8H2. The van der Waals surface area contributed by atoms with Crippen LogP contribution in [0.15, 0.2) is 46.6 Å². The lowest BCUT2D eigenvalue weighted by Crippen LogP contribution is -2.20. The summed E-state index contributed by atoms with van der Waals surface area (Å²) < 4.78 is 16.2. The van der Waals surface area contributed by atoms with Gasteiger partial charge in [-0.15, -0.1) is 16.6 Å². The Morgan fingerprint density at radius 1 is 1.33 bits per heavy atom. The molecule has 0 aliphatic carbocycles. The molecule has 0 spiro atoms. The van der Waals surface area contributed by atoms with Crippen molar-refractivity contribution in [2.45, 2.75) is 5.16 Å². The van der Waals surface area contributed by atoms with Crippen molar-refractivity contribution in [3.63, 3.8) is 0 Å². The molecule has 21 heavy (non-hydrogen) atoms. The molecule has 104 valence electrons. The predicted octanol–water partition coefficient (Wildman–Crippen LogP) is 1.74. The summed E-state index contributed by atoms with van der Waals surface area (Å²) in [6.07, 6.45) is 8.41. The van der Waals surface area contributed by atoms with Gasteiger partial charge in [0, 0.05) is 12.4 Å². The number of nitrogens with zero attached hydrogens (tertiary/aromatic N) is 4. The molecular formula is C14H9FN4OS. The maximum Gasteiger partial charge on any atom is 0.300 e. The average Bonchev–Trinajstić information content (AvgIpc) is 2.89. The van der Waals surface area contributed by atoms with Gasteiger partial charge < -0.3 is 0 Å². The molecule has 0 saturated heterocycles. The summed E-state index contributed by atoms with van der Waals surface area (Å²) in [6, 6.07) is 5.78. The minimum atomic E-state index is -0.411. The first-order valence-electron chi connectivity index (χ1n) is 5.99. The SMILES string of the molecule is C#CCSc1nnc2c(=O)n(-c3cccc(F)c3)ccn12. The first-order valence-corrected chi connectivity index (χ1v) is 6.98. The van der Waals surface area contributed by atoms with E-state index < -0.39 is 5.82 Å². The highest BCUT2D eigenvalue weighted by Gasteiger charge is 2.11. The fourth-order valence-electron chi connectivity index (χ4n) is 1.90. The van der Waals surface area contributed by atoms with Crippen LogP contribution in [0.3, 0.4) is 0 Å². The monoisotopic (exact) mass is 300 g/mol. The van der Waals surface area contributed by atoms with Crippen LogP contribution in [0.4, 0.5) is 4.39 Å². The van der Waals surface area contributed by atoms with Crippen LogP contribution in [0.25, 0.3) is 11.3 Å². The number of aromatic nitrogens is 4. The quantitative estimate of drug-likeness (QED) is 0.546. The second-order valence-corrected chi connectivity index (χ2v) is 5.06. The van der Waals surface area contributed by atoms with E-state index in [0.717, 1.165) is 0 Å². The molecule has 0 aliphatic rings. The molecule has 0 atom stereocenters. The molecule has 0 radical (unpaired) electrons. The lowest BCUT2D eigenvalue weighted by Gasteiger charge is -2.06. The number of hydrogen-bond donors (Lipinski definition) is 0. The molecule has 2 aromatic heterocycles. The van der Waals surface area contributed by atoms with Gasteiger partial charge in [0.15, 0.2) is 5.16 Å². The van der Waals surface area contributed by atoms with Crippen molar-refractivity contribution in [3.05, 3.63) is 52.8 Å². The van der Waals surface area contributed by atoms with Crippen molar-refractivity contribution < 1.29 is 4.39 Å². The summed E-state index contributed by atoms with van der Waals surface area (Å²) in [4.78, 5) is 12.4. The second-order valence-electron chi connectivity index (χ2n) is 4.12. The van der Waals surface area contributed by atoms with E-state index in [0.29, 0.717) is 16.6 Å². The van der Waals surface area contributed by atoms with Gasteiger partial charge in [-0.25, -0.2) is 4.39 Å². The molecule has 0 N–H and O–H groups in total. The van der Waals surface area contributed by atoms with Gasteiger partial charge in [0.2, 0.25) is 5.65 Å². The Balaban J connectivity index is 2.14. The van der Waals surface area contributed by atoms with E-state index in [1.165, 1.54) is 28.5 Å². The highest BCUT2D eigenvalue weighted by molar-refractivity contribution is 7.99. The molecular weight excluding hydrogens is 291 g/mol. The van der Waals surface area contributed by atoms with Crippen molar-refractivity contribution in [1.29, 1.82) is 0 Å². The zero-order chi connectivity index (χ0) is 14.8. The Labute approximate surface area is 123 Å². The number of terminal acetylenes is 1. The molecule has 7 heteroatoms. The molecule has 2 heterocycles. The zero-order valence-electron chi connectivity index (χ0n) is 10.7. The normalized spacial score (nSPS) is 10.7. The topological polar surface area (TPSA) is 52.2 Å². The molecule has 0 amide bonds. The van der Waals surface area contributed by atoms with E-state index in [1.807, 2.05) is 0 Å². The molecule has 3 aromatic rings. The molecule has 0 bridgehead atoms. The Kier molecular flexibility index (Phi) is 3.46. The number of thioether (sulfide) groups is 1. The van der Waals surface area contributed by atoms with Crippen LogP contribution >= 0.6 is 11.8 Å². The van der Waals surface area contributed by atoms with Crippen molar-refractivity contribution in [1.82, 2.24) is 19.2 Å². The van der Waals surface area contributed by atoms with Crippen LogP contribution in [0.1, 0.15) is 0 Å². The van der Waals surface area contributed by atoms with E-state index >= 15 is 0 Å². The van der Waals surface area contributed by atoms with Gasteiger partial charge in [0.25, 0.3) is 0 Å². The first kappa shape index (κ1) is 13.4. The molecule has 0 fully saturated rings. The van der Waals surface area contributed by atoms with Gasteiger partial charge in [-0.1, -0.05) is 23.7 Å². The number of fused-ring (bicyclic) bond motifs is 1. The molecule has 5 nitrogen and oxygen atoms in total. The van der Waals surface area contributed by atoms with Crippen LogP contribution in [-0.2, 0) is 0 Å². The van der Waals surface area contributed by atoms with Crippen molar-refractivity contribution in [2.75, 3.05) is 5.75 Å². The smallest absolute Gasteiger partial charge is 0.279 e. The fourth-order valence-corrected chi connectivity index (χ4v) is 2.50. The summed E-state index contributed by atoms with van der Waals surface area (Å²) in [5.74, 6) is 2.51. The van der Waals surface area contributed by atoms with Crippen LogP contribution in [-0.4, -0.2) is 24.9 Å². The predicted molar refractivity (Wildman–Crippen MR) is 78.1 cm³/mol. The third-order valence-electron chi connectivity index (χ3n) is 2.81. The van der Waals surface area contributed by atoms with E-state index in [2.05, 4.69) is 16.1 Å². The van der Waals surface area contributed by atoms with Crippen molar-refractivity contribution in [3.8, 4) is 18.0 Å². The third-order valence-corrected chi connectivity index (χ3v) is 3.66. The van der Waals surface area contributed by atoms with Crippen LogP contribution in [0, 0.1) is 18.2 Å².